The number of rotatable bonds is 5. The summed E-state index contributed by atoms with van der Waals surface area (Å²) in [5.41, 5.74) is 1.08. The number of hydrogen-bond donors (Lipinski definition) is 1. The smallest absolute Gasteiger partial charge is 0.289 e. The van der Waals surface area contributed by atoms with Crippen molar-refractivity contribution in [2.75, 3.05) is 26.2 Å². The van der Waals surface area contributed by atoms with Crippen LogP contribution < -0.4 is 5.32 Å². The van der Waals surface area contributed by atoms with E-state index in [0.29, 0.717) is 11.7 Å². The number of likely N-dealkylation sites (tertiary alicyclic amines) is 1. The van der Waals surface area contributed by atoms with Gasteiger partial charge < -0.3 is 14.6 Å². The summed E-state index contributed by atoms with van der Waals surface area (Å²) in [6, 6.07) is 1.88. The molecule has 0 aromatic carbocycles. The van der Waals surface area contributed by atoms with Crippen molar-refractivity contribution in [3.05, 3.63) is 23.2 Å². The topological polar surface area (TPSA) is 45.5 Å². The molecular formula is C16H27ClN2O2. The van der Waals surface area contributed by atoms with E-state index < -0.39 is 0 Å². The Hall–Kier alpha value is -1.00. The normalized spacial score (nSPS) is 15.9. The minimum absolute atomic E-state index is 0. The molecule has 5 heteroatoms. The van der Waals surface area contributed by atoms with Crippen LogP contribution in [0.3, 0.4) is 0 Å². The quantitative estimate of drug-likeness (QED) is 0.908. The monoisotopic (exact) mass is 314 g/mol. The molecule has 0 bridgehead atoms. The van der Waals surface area contributed by atoms with Crippen molar-refractivity contribution >= 4 is 18.3 Å². The van der Waals surface area contributed by atoms with Gasteiger partial charge in [-0.2, -0.15) is 0 Å². The van der Waals surface area contributed by atoms with Crippen LogP contribution in [0.4, 0.5) is 0 Å². The fourth-order valence-electron chi connectivity index (χ4n) is 2.82. The highest BCUT2D eigenvalue weighted by atomic mass is 35.5. The Morgan fingerprint density at radius 3 is 2.57 bits per heavy atom. The fourth-order valence-corrected chi connectivity index (χ4v) is 2.82. The van der Waals surface area contributed by atoms with Gasteiger partial charge in [0.05, 0.1) is 0 Å². The Bertz CT molecular complexity index is 451. The summed E-state index contributed by atoms with van der Waals surface area (Å²) in [7, 11) is 0. The Labute approximate surface area is 133 Å². The summed E-state index contributed by atoms with van der Waals surface area (Å²) < 4.78 is 5.67. The zero-order valence-corrected chi connectivity index (χ0v) is 14.1. The van der Waals surface area contributed by atoms with Crippen LogP contribution in [0.15, 0.2) is 10.5 Å². The average molecular weight is 315 g/mol. The van der Waals surface area contributed by atoms with Gasteiger partial charge in [-0.25, -0.2) is 0 Å². The van der Waals surface area contributed by atoms with Crippen molar-refractivity contribution in [3.8, 4) is 0 Å². The number of nitrogens with zero attached hydrogens (tertiary/aromatic N) is 1. The first-order valence-electron chi connectivity index (χ1n) is 7.75. The maximum absolute atomic E-state index is 12.4. The lowest BCUT2D eigenvalue weighted by Crippen LogP contribution is -2.40. The lowest BCUT2D eigenvalue weighted by molar-refractivity contribution is 0.0656. The van der Waals surface area contributed by atoms with E-state index in [1.54, 1.807) is 0 Å². The number of hydrogen-bond acceptors (Lipinski definition) is 3. The molecule has 0 unspecified atom stereocenters. The second-order valence-electron chi connectivity index (χ2n) is 5.61. The van der Waals surface area contributed by atoms with Crippen LogP contribution in [0.5, 0.6) is 0 Å². The maximum atomic E-state index is 12.4. The minimum Gasteiger partial charge on any atom is -0.456 e. The molecule has 1 fully saturated rings. The van der Waals surface area contributed by atoms with Gasteiger partial charge in [-0.3, -0.25) is 4.79 Å². The molecule has 4 nitrogen and oxygen atoms in total. The molecule has 0 spiro atoms. The molecule has 21 heavy (non-hydrogen) atoms. The zero-order valence-electron chi connectivity index (χ0n) is 13.3. The molecule has 0 atom stereocenters. The van der Waals surface area contributed by atoms with Gasteiger partial charge in [0.1, 0.15) is 5.76 Å². The Morgan fingerprint density at radius 1 is 1.38 bits per heavy atom. The van der Waals surface area contributed by atoms with Crippen molar-refractivity contribution in [3.63, 3.8) is 0 Å². The predicted molar refractivity (Wildman–Crippen MR) is 87.2 cm³/mol. The van der Waals surface area contributed by atoms with Crippen molar-refractivity contribution in [1.82, 2.24) is 10.2 Å². The summed E-state index contributed by atoms with van der Waals surface area (Å²) >= 11 is 0. The van der Waals surface area contributed by atoms with Crippen LogP contribution in [0.1, 0.15) is 48.6 Å². The summed E-state index contributed by atoms with van der Waals surface area (Å²) in [6.45, 7) is 9.95. The number of carbonyl (C=O) groups is 1. The molecule has 1 aliphatic heterocycles. The van der Waals surface area contributed by atoms with Gasteiger partial charge in [0, 0.05) is 19.5 Å². The van der Waals surface area contributed by atoms with Crippen molar-refractivity contribution in [2.45, 2.75) is 40.0 Å². The van der Waals surface area contributed by atoms with E-state index in [1.807, 2.05) is 24.8 Å². The summed E-state index contributed by atoms with van der Waals surface area (Å²) in [5.74, 6) is 2.18. The van der Waals surface area contributed by atoms with Crippen LogP contribution in [-0.2, 0) is 6.42 Å². The van der Waals surface area contributed by atoms with E-state index in [4.69, 9.17) is 4.42 Å². The molecule has 2 rings (SSSR count). The van der Waals surface area contributed by atoms with Crippen LogP contribution in [0.25, 0.3) is 0 Å². The molecule has 1 saturated heterocycles. The van der Waals surface area contributed by atoms with Crippen molar-refractivity contribution < 1.29 is 9.21 Å². The van der Waals surface area contributed by atoms with Crippen LogP contribution >= 0.6 is 12.4 Å². The van der Waals surface area contributed by atoms with Crippen LogP contribution in [0, 0.1) is 12.8 Å². The molecule has 1 aromatic heterocycles. The molecule has 1 N–H and O–H groups in total. The molecule has 1 amide bonds. The highest BCUT2D eigenvalue weighted by Crippen LogP contribution is 2.21. The highest BCUT2D eigenvalue weighted by Gasteiger charge is 2.25. The van der Waals surface area contributed by atoms with Gasteiger partial charge >= 0.3 is 0 Å². The molecule has 0 radical (unpaired) electrons. The lowest BCUT2D eigenvalue weighted by atomic mass is 9.96. The number of amides is 1. The minimum atomic E-state index is 0. The number of furan rings is 1. The molecule has 120 valence electrons. The number of nitrogens with one attached hydrogen (secondary N) is 1. The van der Waals surface area contributed by atoms with Crippen molar-refractivity contribution in [1.29, 1.82) is 0 Å². The first kappa shape index (κ1) is 18.1. The molecular weight excluding hydrogens is 288 g/mol. The standard InChI is InChI=1S/C16H26N2O2.ClH/c1-4-14-12(3)10-15(20-14)16(19)18-8-6-13(7-9-18)11-17-5-2;/h10,13,17H,4-9,11H2,1-3H3;1H. The average Bonchev–Trinajstić information content (AvgIpc) is 2.86. The van der Waals surface area contributed by atoms with Gasteiger partial charge in [0.15, 0.2) is 5.76 Å². The number of piperidine rings is 1. The summed E-state index contributed by atoms with van der Waals surface area (Å²) in [5, 5.41) is 3.39. The molecule has 1 aliphatic rings. The Kier molecular flexibility index (Phi) is 7.26. The first-order valence-corrected chi connectivity index (χ1v) is 7.75. The van der Waals surface area contributed by atoms with Crippen LogP contribution in [-0.4, -0.2) is 37.0 Å². The van der Waals surface area contributed by atoms with Gasteiger partial charge in [0.2, 0.25) is 0 Å². The zero-order chi connectivity index (χ0) is 14.5. The third-order valence-electron chi connectivity index (χ3n) is 4.14. The largest absolute Gasteiger partial charge is 0.456 e. The highest BCUT2D eigenvalue weighted by molar-refractivity contribution is 5.91. The van der Waals surface area contributed by atoms with Gasteiger partial charge in [-0.15, -0.1) is 12.4 Å². The molecule has 2 heterocycles. The summed E-state index contributed by atoms with van der Waals surface area (Å²) in [4.78, 5) is 14.3. The number of aryl methyl sites for hydroxylation is 2. The lowest BCUT2D eigenvalue weighted by Gasteiger charge is -2.31. The van der Waals surface area contributed by atoms with Crippen LogP contribution in [0.2, 0.25) is 0 Å². The van der Waals surface area contributed by atoms with E-state index in [2.05, 4.69) is 12.2 Å². The second-order valence-corrected chi connectivity index (χ2v) is 5.61. The molecule has 0 aliphatic carbocycles. The van der Waals surface area contributed by atoms with Gasteiger partial charge in [0.25, 0.3) is 5.91 Å². The fraction of sp³-hybridized carbons (Fsp3) is 0.688. The van der Waals surface area contributed by atoms with E-state index in [0.717, 1.165) is 56.8 Å². The van der Waals surface area contributed by atoms with E-state index in [1.165, 1.54) is 0 Å². The number of carbonyl (C=O) groups excluding carboxylic acids is 1. The SMILES string of the molecule is CCNCC1CCN(C(=O)c2cc(C)c(CC)o2)CC1.Cl. The van der Waals surface area contributed by atoms with E-state index >= 15 is 0 Å². The number of halogens is 1. The molecule has 0 saturated carbocycles. The second kappa shape index (κ2) is 8.44. The van der Waals surface area contributed by atoms with E-state index in [9.17, 15) is 4.79 Å². The Morgan fingerprint density at radius 2 is 2.05 bits per heavy atom. The van der Waals surface area contributed by atoms with Gasteiger partial charge in [-0.05, 0) is 50.4 Å². The third-order valence-corrected chi connectivity index (χ3v) is 4.14. The predicted octanol–water partition coefficient (Wildman–Crippen LogP) is 3.03. The maximum Gasteiger partial charge on any atom is 0.289 e. The van der Waals surface area contributed by atoms with E-state index in [-0.39, 0.29) is 18.3 Å². The van der Waals surface area contributed by atoms with Gasteiger partial charge in [-0.1, -0.05) is 13.8 Å². The van der Waals surface area contributed by atoms with Crippen molar-refractivity contribution in [2.24, 2.45) is 5.92 Å². The molecule has 1 aromatic rings. The third kappa shape index (κ3) is 4.48. The summed E-state index contributed by atoms with van der Waals surface area (Å²) in [6.07, 6.45) is 3.00. The first-order chi connectivity index (χ1) is 9.65. The Balaban J connectivity index is 0.00000220.